The smallest absolute Gasteiger partial charge is 0.197 e. The largest absolute Gasteiger partial charge is 0.231 e. The monoisotopic (exact) mass is 248 g/mol. The lowest BCUT2D eigenvalue weighted by Gasteiger charge is -2.03. The number of halogens is 1. The summed E-state index contributed by atoms with van der Waals surface area (Å²) in [7, 11) is 0. The highest BCUT2D eigenvalue weighted by Crippen LogP contribution is 2.21. The molecule has 0 radical (unpaired) electrons. The minimum Gasteiger partial charge on any atom is -0.231 e. The highest BCUT2D eigenvalue weighted by molar-refractivity contribution is 9.10. The van der Waals surface area contributed by atoms with E-state index in [-0.39, 0.29) is 0 Å². The van der Waals surface area contributed by atoms with E-state index in [0.29, 0.717) is 4.73 Å². The molecular formula is C11H9BrN2. The van der Waals surface area contributed by atoms with Crippen LogP contribution in [0.4, 0.5) is 0 Å². The van der Waals surface area contributed by atoms with Crippen molar-refractivity contribution in [1.29, 1.82) is 0 Å². The molecule has 2 rings (SSSR count). The van der Waals surface area contributed by atoms with Crippen molar-refractivity contribution < 1.29 is 0 Å². The van der Waals surface area contributed by atoms with Crippen molar-refractivity contribution in [2.45, 2.75) is 6.92 Å². The average molecular weight is 249 g/mol. The quantitative estimate of drug-likeness (QED) is 0.725. The summed E-state index contributed by atoms with van der Waals surface area (Å²) in [6.45, 7) is 2.07. The van der Waals surface area contributed by atoms with Crippen molar-refractivity contribution in [2.75, 3.05) is 0 Å². The van der Waals surface area contributed by atoms with Crippen molar-refractivity contribution in [3.8, 4) is 11.3 Å². The fraction of sp³-hybridized carbons (Fsp3) is 0.0909. The molecule has 0 bridgehead atoms. The summed E-state index contributed by atoms with van der Waals surface area (Å²) >= 11 is 3.26. The van der Waals surface area contributed by atoms with E-state index in [1.54, 1.807) is 6.20 Å². The van der Waals surface area contributed by atoms with Crippen molar-refractivity contribution in [1.82, 2.24) is 9.97 Å². The fourth-order valence-electron chi connectivity index (χ4n) is 1.35. The minimum absolute atomic E-state index is 0.623. The van der Waals surface area contributed by atoms with Crippen LogP contribution in [0.5, 0.6) is 0 Å². The van der Waals surface area contributed by atoms with Crippen LogP contribution in [0.2, 0.25) is 0 Å². The molecule has 14 heavy (non-hydrogen) atoms. The summed E-state index contributed by atoms with van der Waals surface area (Å²) in [6, 6.07) is 10.1. The van der Waals surface area contributed by atoms with Crippen LogP contribution in [0.25, 0.3) is 11.3 Å². The van der Waals surface area contributed by atoms with Crippen molar-refractivity contribution in [2.24, 2.45) is 0 Å². The molecule has 0 aliphatic carbocycles. The Balaban J connectivity index is 2.55. The van der Waals surface area contributed by atoms with Crippen LogP contribution in [0.15, 0.2) is 41.3 Å². The number of benzene rings is 1. The van der Waals surface area contributed by atoms with Gasteiger partial charge in [-0.3, -0.25) is 0 Å². The first kappa shape index (κ1) is 9.34. The van der Waals surface area contributed by atoms with E-state index in [9.17, 15) is 0 Å². The lowest BCUT2D eigenvalue weighted by molar-refractivity contribution is 1.11. The molecular weight excluding hydrogens is 240 g/mol. The highest BCUT2D eigenvalue weighted by Gasteiger charge is 2.02. The van der Waals surface area contributed by atoms with Gasteiger partial charge < -0.3 is 0 Å². The van der Waals surface area contributed by atoms with Gasteiger partial charge in [-0.1, -0.05) is 24.3 Å². The Morgan fingerprint density at radius 3 is 2.64 bits per heavy atom. The van der Waals surface area contributed by atoms with Crippen LogP contribution in [-0.4, -0.2) is 9.97 Å². The van der Waals surface area contributed by atoms with E-state index in [1.807, 2.05) is 18.2 Å². The number of aryl methyl sites for hydroxylation is 1. The Kier molecular flexibility index (Phi) is 2.59. The number of hydrogen-bond acceptors (Lipinski definition) is 2. The van der Waals surface area contributed by atoms with E-state index in [1.165, 1.54) is 5.56 Å². The normalized spacial score (nSPS) is 10.1. The standard InChI is InChI=1S/C11H9BrN2/c1-8-4-2-3-5-9(8)10-6-7-13-11(12)14-10/h2-7H,1H3. The molecule has 0 N–H and O–H groups in total. The maximum atomic E-state index is 4.31. The third kappa shape index (κ3) is 1.82. The average Bonchev–Trinajstić information content (AvgIpc) is 2.18. The second-order valence-electron chi connectivity index (χ2n) is 3.03. The number of hydrogen-bond donors (Lipinski definition) is 0. The molecule has 0 spiro atoms. The molecule has 0 unspecified atom stereocenters. The van der Waals surface area contributed by atoms with Gasteiger partial charge in [-0.05, 0) is 34.5 Å². The molecule has 0 amide bonds. The van der Waals surface area contributed by atoms with Crippen molar-refractivity contribution in [3.63, 3.8) is 0 Å². The third-order valence-corrected chi connectivity index (χ3v) is 2.43. The molecule has 1 aromatic carbocycles. The van der Waals surface area contributed by atoms with Gasteiger partial charge in [-0.2, -0.15) is 0 Å². The van der Waals surface area contributed by atoms with Gasteiger partial charge in [0.25, 0.3) is 0 Å². The van der Waals surface area contributed by atoms with E-state index >= 15 is 0 Å². The van der Waals surface area contributed by atoms with Gasteiger partial charge in [-0.25, -0.2) is 9.97 Å². The van der Waals surface area contributed by atoms with Gasteiger partial charge in [0.15, 0.2) is 4.73 Å². The van der Waals surface area contributed by atoms with Gasteiger partial charge in [0.05, 0.1) is 5.69 Å². The summed E-state index contributed by atoms with van der Waals surface area (Å²) in [5, 5.41) is 0. The topological polar surface area (TPSA) is 25.8 Å². The Labute approximate surface area is 91.2 Å². The first-order valence-electron chi connectivity index (χ1n) is 4.32. The van der Waals surface area contributed by atoms with E-state index in [2.05, 4.69) is 45.0 Å². The van der Waals surface area contributed by atoms with E-state index in [0.717, 1.165) is 11.3 Å². The van der Waals surface area contributed by atoms with Crippen molar-refractivity contribution >= 4 is 15.9 Å². The summed E-state index contributed by atoms with van der Waals surface area (Å²) < 4.78 is 0.623. The number of aromatic nitrogens is 2. The highest BCUT2D eigenvalue weighted by atomic mass is 79.9. The first-order valence-corrected chi connectivity index (χ1v) is 5.11. The van der Waals surface area contributed by atoms with Gasteiger partial charge in [0.1, 0.15) is 0 Å². The second kappa shape index (κ2) is 3.88. The lowest BCUT2D eigenvalue weighted by Crippen LogP contribution is -1.88. The Morgan fingerprint density at radius 2 is 1.93 bits per heavy atom. The molecule has 0 atom stereocenters. The van der Waals surface area contributed by atoms with Gasteiger partial charge in [0.2, 0.25) is 0 Å². The van der Waals surface area contributed by atoms with Gasteiger partial charge in [0, 0.05) is 11.8 Å². The van der Waals surface area contributed by atoms with Gasteiger partial charge >= 0.3 is 0 Å². The maximum Gasteiger partial charge on any atom is 0.197 e. The lowest BCUT2D eigenvalue weighted by atomic mass is 10.1. The molecule has 1 heterocycles. The van der Waals surface area contributed by atoms with Crippen LogP contribution < -0.4 is 0 Å². The SMILES string of the molecule is Cc1ccccc1-c1ccnc(Br)n1. The van der Waals surface area contributed by atoms with E-state index in [4.69, 9.17) is 0 Å². The number of nitrogens with zero attached hydrogens (tertiary/aromatic N) is 2. The zero-order valence-electron chi connectivity index (χ0n) is 7.74. The summed E-state index contributed by atoms with van der Waals surface area (Å²) in [5.41, 5.74) is 3.32. The van der Waals surface area contributed by atoms with Crippen LogP contribution in [0, 0.1) is 6.92 Å². The second-order valence-corrected chi connectivity index (χ2v) is 3.74. The van der Waals surface area contributed by atoms with Crippen LogP contribution in [0.3, 0.4) is 0 Å². The predicted molar refractivity (Wildman–Crippen MR) is 59.9 cm³/mol. The first-order chi connectivity index (χ1) is 6.77. The maximum absolute atomic E-state index is 4.31. The Hall–Kier alpha value is -1.22. The molecule has 0 saturated carbocycles. The van der Waals surface area contributed by atoms with Crippen LogP contribution in [0.1, 0.15) is 5.56 Å². The molecule has 3 heteroatoms. The molecule has 0 saturated heterocycles. The Morgan fingerprint density at radius 1 is 1.14 bits per heavy atom. The predicted octanol–water partition coefficient (Wildman–Crippen LogP) is 3.21. The molecule has 2 nitrogen and oxygen atoms in total. The molecule has 0 aliphatic rings. The van der Waals surface area contributed by atoms with Gasteiger partial charge in [-0.15, -0.1) is 0 Å². The minimum atomic E-state index is 0.623. The molecule has 70 valence electrons. The zero-order valence-corrected chi connectivity index (χ0v) is 9.32. The van der Waals surface area contributed by atoms with Crippen molar-refractivity contribution in [3.05, 3.63) is 46.8 Å². The van der Waals surface area contributed by atoms with Crippen LogP contribution in [-0.2, 0) is 0 Å². The molecule has 1 aromatic heterocycles. The molecule has 0 fully saturated rings. The molecule has 2 aromatic rings. The summed E-state index contributed by atoms with van der Waals surface area (Å²) in [4.78, 5) is 8.31. The summed E-state index contributed by atoms with van der Waals surface area (Å²) in [6.07, 6.45) is 1.75. The van der Waals surface area contributed by atoms with Crippen LogP contribution >= 0.6 is 15.9 Å². The third-order valence-electron chi connectivity index (χ3n) is 2.05. The summed E-state index contributed by atoms with van der Waals surface area (Å²) in [5.74, 6) is 0. The Bertz CT molecular complexity index is 455. The zero-order chi connectivity index (χ0) is 9.97. The molecule has 0 aliphatic heterocycles. The fourth-order valence-corrected chi connectivity index (χ4v) is 1.65. The number of rotatable bonds is 1. The van der Waals surface area contributed by atoms with E-state index < -0.39 is 0 Å².